The Morgan fingerprint density at radius 1 is 1.31 bits per heavy atom. The molecule has 8 atom stereocenters. The molecule has 3 heterocycles. The third kappa shape index (κ3) is 4.51. The normalized spacial score (nSPS) is 32.9. The number of carbonyl (C=O) groups excluding carboxylic acids is 3. The van der Waals surface area contributed by atoms with Crippen LogP contribution in [0.2, 0.25) is 0 Å². The lowest BCUT2D eigenvalue weighted by Crippen LogP contribution is -2.59. The van der Waals surface area contributed by atoms with Crippen LogP contribution in [0.1, 0.15) is 45.6 Å². The molecular formula is C26H35BrN2O6. The minimum Gasteiger partial charge on any atom is -0.466 e. The van der Waals surface area contributed by atoms with E-state index in [2.05, 4.69) is 21.2 Å². The average Bonchev–Trinajstić information content (AvgIpc) is 3.42. The first-order valence-corrected chi connectivity index (χ1v) is 13.5. The Morgan fingerprint density at radius 2 is 2.03 bits per heavy atom. The molecule has 3 fully saturated rings. The van der Waals surface area contributed by atoms with Crippen LogP contribution in [0, 0.1) is 11.8 Å². The van der Waals surface area contributed by atoms with Crippen LogP contribution in [0.4, 0.5) is 0 Å². The zero-order chi connectivity index (χ0) is 25.3. The molecule has 35 heavy (non-hydrogen) atoms. The summed E-state index contributed by atoms with van der Waals surface area (Å²) in [5.41, 5.74) is -0.217. The fraction of sp³-hybridized carbons (Fsp3) is 0.654. The van der Waals surface area contributed by atoms with E-state index in [1.54, 1.807) is 6.92 Å². The van der Waals surface area contributed by atoms with E-state index in [-0.39, 0.29) is 35.9 Å². The largest absolute Gasteiger partial charge is 0.466 e. The Hall–Kier alpha value is -1.97. The van der Waals surface area contributed by atoms with Gasteiger partial charge in [-0.05, 0) is 38.7 Å². The first kappa shape index (κ1) is 26.1. The number of rotatable bonds is 10. The number of carbonyl (C=O) groups is 3. The molecule has 1 spiro atoms. The lowest BCUT2D eigenvalue weighted by molar-refractivity contribution is -0.155. The zero-order valence-electron chi connectivity index (χ0n) is 20.5. The molecule has 0 radical (unpaired) electrons. The molecule has 9 heteroatoms. The van der Waals surface area contributed by atoms with E-state index >= 15 is 0 Å². The SMILES string of the molecule is CCCC(C)NC(=O)[C@H]1N([C@@H](CO)Cc2ccccc2)C(=O)[C@@H]2[C@@H](C(=O)OCC)[C@@H]3O[C@@]21CC3Br. The summed E-state index contributed by atoms with van der Waals surface area (Å²) >= 11 is 3.64. The minimum absolute atomic E-state index is 0.0826. The van der Waals surface area contributed by atoms with Gasteiger partial charge in [-0.3, -0.25) is 14.4 Å². The topological polar surface area (TPSA) is 105 Å². The molecule has 3 saturated heterocycles. The van der Waals surface area contributed by atoms with Crippen molar-refractivity contribution in [1.29, 1.82) is 0 Å². The van der Waals surface area contributed by atoms with Crippen molar-refractivity contribution in [2.45, 2.75) is 81.1 Å². The van der Waals surface area contributed by atoms with E-state index in [1.165, 1.54) is 4.90 Å². The summed E-state index contributed by atoms with van der Waals surface area (Å²) in [4.78, 5) is 42.2. The minimum atomic E-state index is -1.16. The smallest absolute Gasteiger partial charge is 0.312 e. The maximum Gasteiger partial charge on any atom is 0.312 e. The number of nitrogens with zero attached hydrogens (tertiary/aromatic N) is 1. The van der Waals surface area contributed by atoms with Crippen molar-refractivity contribution in [2.24, 2.45) is 11.8 Å². The van der Waals surface area contributed by atoms with E-state index in [1.807, 2.05) is 44.2 Å². The highest BCUT2D eigenvalue weighted by atomic mass is 79.9. The molecular weight excluding hydrogens is 516 g/mol. The van der Waals surface area contributed by atoms with Crippen LogP contribution >= 0.6 is 15.9 Å². The van der Waals surface area contributed by atoms with Gasteiger partial charge in [-0.25, -0.2) is 0 Å². The summed E-state index contributed by atoms with van der Waals surface area (Å²) in [6.07, 6.45) is 1.96. The number of amides is 2. The van der Waals surface area contributed by atoms with E-state index in [0.717, 1.165) is 18.4 Å². The number of likely N-dealkylation sites (tertiary alicyclic amines) is 1. The Labute approximate surface area is 214 Å². The summed E-state index contributed by atoms with van der Waals surface area (Å²) in [6, 6.07) is 7.89. The number of alkyl halides is 1. The Morgan fingerprint density at radius 3 is 2.66 bits per heavy atom. The second-order valence-electron chi connectivity index (χ2n) is 9.89. The lowest BCUT2D eigenvalue weighted by atomic mass is 9.70. The fourth-order valence-electron chi connectivity index (χ4n) is 6.23. The van der Waals surface area contributed by atoms with Crippen molar-refractivity contribution in [2.75, 3.05) is 13.2 Å². The second-order valence-corrected chi connectivity index (χ2v) is 11.1. The zero-order valence-corrected chi connectivity index (χ0v) is 22.1. The molecule has 3 aliphatic rings. The maximum absolute atomic E-state index is 14.0. The molecule has 2 amide bonds. The standard InChI is InChI=1S/C26H35BrN2O6/c1-4-9-15(3)28-23(31)22-26-13-18(27)21(35-26)19(25(33)34-5-2)20(26)24(32)29(22)17(14-30)12-16-10-7-6-8-11-16/h6-8,10-11,15,17-22,30H,4-5,9,12-14H2,1-3H3,(H,28,31)/t15?,17-,18?,19-,20+,21-,22-,26+/m1/s1. The second kappa shape index (κ2) is 10.6. The van der Waals surface area contributed by atoms with Gasteiger partial charge in [0.2, 0.25) is 11.8 Å². The molecule has 3 aliphatic heterocycles. The Bertz CT molecular complexity index is 945. The summed E-state index contributed by atoms with van der Waals surface area (Å²) in [5.74, 6) is -2.75. The number of fused-ring (bicyclic) bond motifs is 1. The molecule has 2 bridgehead atoms. The molecule has 4 rings (SSSR count). The molecule has 2 N–H and O–H groups in total. The first-order valence-electron chi connectivity index (χ1n) is 12.5. The number of nitrogens with one attached hydrogen (secondary N) is 1. The highest BCUT2D eigenvalue weighted by molar-refractivity contribution is 9.09. The van der Waals surface area contributed by atoms with Crippen LogP contribution in [0.5, 0.6) is 0 Å². The number of hydrogen-bond donors (Lipinski definition) is 2. The van der Waals surface area contributed by atoms with Gasteiger partial charge < -0.3 is 24.8 Å². The van der Waals surface area contributed by atoms with Crippen molar-refractivity contribution in [3.05, 3.63) is 35.9 Å². The Balaban J connectivity index is 1.75. The molecule has 192 valence electrons. The van der Waals surface area contributed by atoms with E-state index in [9.17, 15) is 19.5 Å². The predicted octanol–water partition coefficient (Wildman–Crippen LogP) is 2.21. The van der Waals surface area contributed by atoms with Crippen molar-refractivity contribution in [1.82, 2.24) is 10.2 Å². The van der Waals surface area contributed by atoms with Crippen LogP contribution in [0.3, 0.4) is 0 Å². The van der Waals surface area contributed by atoms with E-state index < -0.39 is 41.6 Å². The summed E-state index contributed by atoms with van der Waals surface area (Å²) in [6.45, 7) is 5.59. The number of benzene rings is 1. The summed E-state index contributed by atoms with van der Waals surface area (Å²) in [7, 11) is 0. The van der Waals surface area contributed by atoms with Gasteiger partial charge >= 0.3 is 5.97 Å². The Kier molecular flexibility index (Phi) is 7.88. The van der Waals surface area contributed by atoms with Crippen LogP contribution in [0.15, 0.2) is 30.3 Å². The van der Waals surface area contributed by atoms with Gasteiger partial charge in [0.25, 0.3) is 0 Å². The number of hydrogen-bond acceptors (Lipinski definition) is 6. The number of halogens is 1. The monoisotopic (exact) mass is 550 g/mol. The van der Waals surface area contributed by atoms with Crippen molar-refractivity contribution < 1.29 is 29.0 Å². The number of aliphatic hydroxyl groups excluding tert-OH is 1. The van der Waals surface area contributed by atoms with Gasteiger partial charge in [-0.1, -0.05) is 59.6 Å². The highest BCUT2D eigenvalue weighted by Gasteiger charge is 2.77. The molecule has 1 aromatic rings. The molecule has 1 aromatic carbocycles. The van der Waals surface area contributed by atoms with Gasteiger partial charge in [-0.15, -0.1) is 0 Å². The summed E-state index contributed by atoms with van der Waals surface area (Å²) in [5, 5.41) is 13.5. The van der Waals surface area contributed by atoms with Crippen molar-refractivity contribution >= 4 is 33.7 Å². The van der Waals surface area contributed by atoms with Crippen LogP contribution < -0.4 is 5.32 Å². The fourth-order valence-corrected chi connectivity index (χ4v) is 7.17. The third-order valence-electron chi connectivity index (χ3n) is 7.56. The predicted molar refractivity (Wildman–Crippen MR) is 133 cm³/mol. The van der Waals surface area contributed by atoms with Crippen molar-refractivity contribution in [3.63, 3.8) is 0 Å². The summed E-state index contributed by atoms with van der Waals surface area (Å²) < 4.78 is 11.8. The first-order chi connectivity index (χ1) is 16.8. The van der Waals surface area contributed by atoms with E-state index in [4.69, 9.17) is 9.47 Å². The third-order valence-corrected chi connectivity index (χ3v) is 8.41. The number of aliphatic hydroxyl groups is 1. The van der Waals surface area contributed by atoms with Crippen LogP contribution in [-0.4, -0.2) is 75.7 Å². The van der Waals surface area contributed by atoms with Gasteiger partial charge in [0, 0.05) is 10.9 Å². The number of ether oxygens (including phenoxy) is 2. The van der Waals surface area contributed by atoms with Gasteiger partial charge in [-0.2, -0.15) is 0 Å². The molecule has 8 nitrogen and oxygen atoms in total. The molecule has 0 aliphatic carbocycles. The highest BCUT2D eigenvalue weighted by Crippen LogP contribution is 2.60. The average molecular weight is 551 g/mol. The molecule has 0 saturated carbocycles. The van der Waals surface area contributed by atoms with Gasteiger partial charge in [0.1, 0.15) is 11.6 Å². The van der Waals surface area contributed by atoms with Crippen LogP contribution in [0.25, 0.3) is 0 Å². The lowest BCUT2D eigenvalue weighted by Gasteiger charge is -2.37. The van der Waals surface area contributed by atoms with Gasteiger partial charge in [0.05, 0.1) is 37.2 Å². The van der Waals surface area contributed by atoms with Crippen molar-refractivity contribution in [3.8, 4) is 0 Å². The van der Waals surface area contributed by atoms with Crippen LogP contribution in [-0.2, 0) is 30.3 Å². The quantitative estimate of drug-likeness (QED) is 0.342. The number of esters is 1. The molecule has 0 aromatic heterocycles. The molecule has 2 unspecified atom stereocenters. The maximum atomic E-state index is 14.0. The van der Waals surface area contributed by atoms with Gasteiger partial charge in [0.15, 0.2) is 0 Å². The van der Waals surface area contributed by atoms with E-state index in [0.29, 0.717) is 12.8 Å².